The van der Waals surface area contributed by atoms with Crippen molar-refractivity contribution in [1.82, 2.24) is 10.3 Å². The molecule has 0 unspecified atom stereocenters. The molecule has 0 saturated carbocycles. The normalized spacial score (nSPS) is 10.1. The quantitative estimate of drug-likeness (QED) is 0.853. The Morgan fingerprint density at radius 1 is 1.30 bits per heavy atom. The van der Waals surface area contributed by atoms with Crippen LogP contribution in [0.5, 0.6) is 0 Å². The average Bonchev–Trinajstić information content (AvgIpc) is 2.88. The minimum Gasteiger partial charge on any atom is -0.351 e. The van der Waals surface area contributed by atoms with E-state index >= 15 is 0 Å². The Morgan fingerprint density at radius 3 is 2.75 bits per heavy atom. The maximum absolute atomic E-state index is 12.0. The molecule has 0 fully saturated rings. The maximum atomic E-state index is 12.0. The first-order chi connectivity index (χ1) is 9.54. The first kappa shape index (κ1) is 14.5. The topological polar surface area (TPSA) is 71.1 Å². The average molecular weight is 310 g/mol. The van der Waals surface area contributed by atoms with Crippen LogP contribution in [0, 0.1) is 0 Å². The van der Waals surface area contributed by atoms with E-state index in [4.69, 9.17) is 11.6 Å². The van der Waals surface area contributed by atoms with Crippen LogP contribution >= 0.6 is 22.9 Å². The molecule has 0 aliphatic heterocycles. The zero-order valence-electron chi connectivity index (χ0n) is 10.6. The molecule has 0 saturated heterocycles. The zero-order valence-corrected chi connectivity index (χ0v) is 12.2. The minimum absolute atomic E-state index is 0.100. The van der Waals surface area contributed by atoms with Crippen molar-refractivity contribution in [3.63, 3.8) is 0 Å². The lowest BCUT2D eigenvalue weighted by Crippen LogP contribution is -2.18. The Hall–Kier alpha value is -1.92. The Morgan fingerprint density at radius 2 is 2.10 bits per heavy atom. The molecule has 2 N–H and O–H groups in total. The summed E-state index contributed by atoms with van der Waals surface area (Å²) < 4.78 is 0. The monoisotopic (exact) mass is 309 g/mol. The number of carbonyl (C=O) groups excluding carboxylic acids is 2. The fraction of sp³-hybridized carbons (Fsp3) is 0.154. The van der Waals surface area contributed by atoms with Gasteiger partial charge in [-0.05, 0) is 24.3 Å². The van der Waals surface area contributed by atoms with Gasteiger partial charge in [-0.15, -0.1) is 11.3 Å². The SMILES string of the molecule is CC(=O)NCc1ccc(C(=O)Nc2ccc(Cl)nc2)s1. The minimum atomic E-state index is -0.215. The van der Waals surface area contributed by atoms with Gasteiger partial charge in [0.2, 0.25) is 5.91 Å². The first-order valence-electron chi connectivity index (χ1n) is 5.80. The number of carbonyl (C=O) groups is 2. The standard InChI is InChI=1S/C13H12ClN3O2S/c1-8(18)15-7-10-3-4-11(20-10)13(19)17-9-2-5-12(14)16-6-9/h2-6H,7H2,1H3,(H,15,18)(H,17,19). The summed E-state index contributed by atoms with van der Waals surface area (Å²) in [5.41, 5.74) is 0.580. The molecule has 0 radical (unpaired) electrons. The molecule has 2 heterocycles. The highest BCUT2D eigenvalue weighted by Crippen LogP contribution is 2.18. The van der Waals surface area contributed by atoms with E-state index < -0.39 is 0 Å². The molecule has 0 aliphatic rings. The van der Waals surface area contributed by atoms with Crippen molar-refractivity contribution in [2.75, 3.05) is 5.32 Å². The summed E-state index contributed by atoms with van der Waals surface area (Å²) in [6.45, 7) is 1.88. The first-order valence-corrected chi connectivity index (χ1v) is 7.00. The summed E-state index contributed by atoms with van der Waals surface area (Å²) in [6, 6.07) is 6.82. The molecular weight excluding hydrogens is 298 g/mol. The number of hydrogen-bond donors (Lipinski definition) is 2. The summed E-state index contributed by atoms with van der Waals surface area (Å²) in [4.78, 5) is 28.2. The second-order valence-electron chi connectivity index (χ2n) is 4.00. The molecule has 0 aliphatic carbocycles. The van der Waals surface area contributed by atoms with Crippen LogP contribution in [-0.2, 0) is 11.3 Å². The molecule has 2 rings (SSSR count). The third kappa shape index (κ3) is 4.04. The number of halogens is 1. The third-order valence-electron chi connectivity index (χ3n) is 2.38. The maximum Gasteiger partial charge on any atom is 0.265 e. The molecule has 0 aromatic carbocycles. The molecule has 7 heteroatoms. The van der Waals surface area contributed by atoms with Gasteiger partial charge in [0.1, 0.15) is 5.15 Å². The van der Waals surface area contributed by atoms with Gasteiger partial charge < -0.3 is 10.6 Å². The van der Waals surface area contributed by atoms with Crippen molar-refractivity contribution >= 4 is 40.4 Å². The lowest BCUT2D eigenvalue weighted by molar-refractivity contribution is -0.119. The second kappa shape index (κ2) is 6.49. The van der Waals surface area contributed by atoms with Gasteiger partial charge in [-0.3, -0.25) is 9.59 Å². The highest BCUT2D eigenvalue weighted by atomic mass is 35.5. The number of pyridine rings is 1. The Kier molecular flexibility index (Phi) is 4.70. The molecule has 0 atom stereocenters. The van der Waals surface area contributed by atoms with Crippen molar-refractivity contribution in [2.24, 2.45) is 0 Å². The Labute approximate surface area is 125 Å². The predicted molar refractivity (Wildman–Crippen MR) is 79.0 cm³/mol. The van der Waals surface area contributed by atoms with Crippen molar-refractivity contribution in [3.05, 3.63) is 45.4 Å². The highest BCUT2D eigenvalue weighted by Gasteiger charge is 2.10. The van der Waals surface area contributed by atoms with E-state index in [9.17, 15) is 9.59 Å². The van der Waals surface area contributed by atoms with E-state index in [0.29, 0.717) is 22.3 Å². The van der Waals surface area contributed by atoms with Crippen LogP contribution in [0.25, 0.3) is 0 Å². The van der Waals surface area contributed by atoms with Crippen LogP contribution in [0.3, 0.4) is 0 Å². The van der Waals surface area contributed by atoms with Crippen molar-refractivity contribution in [2.45, 2.75) is 13.5 Å². The molecule has 0 bridgehead atoms. The van der Waals surface area contributed by atoms with Gasteiger partial charge in [-0.2, -0.15) is 0 Å². The van der Waals surface area contributed by atoms with E-state index in [1.165, 1.54) is 24.5 Å². The molecule has 2 amide bonds. The van der Waals surface area contributed by atoms with Crippen LogP contribution in [0.4, 0.5) is 5.69 Å². The van der Waals surface area contributed by atoms with Gasteiger partial charge in [0.05, 0.1) is 23.3 Å². The van der Waals surface area contributed by atoms with E-state index in [2.05, 4.69) is 15.6 Å². The van der Waals surface area contributed by atoms with E-state index in [1.54, 1.807) is 18.2 Å². The molecule has 5 nitrogen and oxygen atoms in total. The smallest absolute Gasteiger partial charge is 0.265 e. The molecule has 2 aromatic rings. The number of hydrogen-bond acceptors (Lipinski definition) is 4. The van der Waals surface area contributed by atoms with E-state index in [-0.39, 0.29) is 11.8 Å². The van der Waals surface area contributed by atoms with Crippen LogP contribution in [0.15, 0.2) is 30.5 Å². The third-order valence-corrected chi connectivity index (χ3v) is 3.69. The number of nitrogens with zero attached hydrogens (tertiary/aromatic N) is 1. The van der Waals surface area contributed by atoms with Crippen LogP contribution in [0.1, 0.15) is 21.5 Å². The van der Waals surface area contributed by atoms with Crippen molar-refractivity contribution < 1.29 is 9.59 Å². The van der Waals surface area contributed by atoms with Crippen LogP contribution in [0.2, 0.25) is 5.15 Å². The zero-order chi connectivity index (χ0) is 14.5. The van der Waals surface area contributed by atoms with Gasteiger partial charge in [-0.1, -0.05) is 11.6 Å². The fourth-order valence-corrected chi connectivity index (χ4v) is 2.40. The summed E-state index contributed by atoms with van der Waals surface area (Å²) >= 11 is 7.00. The largest absolute Gasteiger partial charge is 0.351 e. The lowest BCUT2D eigenvalue weighted by Gasteiger charge is -2.02. The van der Waals surface area contributed by atoms with Gasteiger partial charge >= 0.3 is 0 Å². The number of aromatic nitrogens is 1. The number of rotatable bonds is 4. The molecule has 20 heavy (non-hydrogen) atoms. The van der Waals surface area contributed by atoms with Gasteiger partial charge in [0, 0.05) is 11.8 Å². The number of thiophene rings is 1. The summed E-state index contributed by atoms with van der Waals surface area (Å²) in [5, 5.41) is 5.78. The fourth-order valence-electron chi connectivity index (χ4n) is 1.45. The molecular formula is C13H12ClN3O2S. The summed E-state index contributed by atoms with van der Waals surface area (Å²) in [7, 11) is 0. The Bertz CT molecular complexity index is 625. The van der Waals surface area contributed by atoms with E-state index in [0.717, 1.165) is 4.88 Å². The lowest BCUT2D eigenvalue weighted by atomic mass is 10.3. The Balaban J connectivity index is 1.98. The number of nitrogens with one attached hydrogen (secondary N) is 2. The van der Waals surface area contributed by atoms with Crippen molar-refractivity contribution in [1.29, 1.82) is 0 Å². The highest BCUT2D eigenvalue weighted by molar-refractivity contribution is 7.14. The van der Waals surface area contributed by atoms with Crippen LogP contribution in [-0.4, -0.2) is 16.8 Å². The van der Waals surface area contributed by atoms with Crippen LogP contribution < -0.4 is 10.6 Å². The van der Waals surface area contributed by atoms with Crippen molar-refractivity contribution in [3.8, 4) is 0 Å². The second-order valence-corrected chi connectivity index (χ2v) is 5.55. The van der Waals surface area contributed by atoms with E-state index in [1.807, 2.05) is 6.07 Å². The predicted octanol–water partition coefficient (Wildman–Crippen LogP) is 2.68. The van der Waals surface area contributed by atoms with Gasteiger partial charge in [-0.25, -0.2) is 4.98 Å². The van der Waals surface area contributed by atoms with Gasteiger partial charge in [0.25, 0.3) is 5.91 Å². The number of amides is 2. The number of anilines is 1. The molecule has 0 spiro atoms. The van der Waals surface area contributed by atoms with Gasteiger partial charge in [0.15, 0.2) is 0 Å². The molecule has 2 aromatic heterocycles. The summed E-state index contributed by atoms with van der Waals surface area (Å²) in [5.74, 6) is -0.315. The molecule has 104 valence electrons. The summed E-state index contributed by atoms with van der Waals surface area (Å²) in [6.07, 6.45) is 1.49.